The van der Waals surface area contributed by atoms with E-state index >= 15 is 0 Å². The highest BCUT2D eigenvalue weighted by molar-refractivity contribution is 7.98. The number of rotatable bonds is 7. The highest BCUT2D eigenvalue weighted by Crippen LogP contribution is 2.37. The fourth-order valence-electron chi connectivity index (χ4n) is 4.36. The third kappa shape index (κ3) is 5.43. The molecule has 1 aromatic heterocycles. The first-order chi connectivity index (χ1) is 17.9. The van der Waals surface area contributed by atoms with Crippen molar-refractivity contribution >= 4 is 40.9 Å². The minimum absolute atomic E-state index is 0.166. The zero-order valence-corrected chi connectivity index (χ0v) is 22.5. The molecule has 188 valence electrons. The smallest absolute Gasteiger partial charge is 0.255 e. The molecule has 0 unspecified atom stereocenters. The van der Waals surface area contributed by atoms with Crippen LogP contribution in [0.3, 0.4) is 0 Å². The van der Waals surface area contributed by atoms with Gasteiger partial charge in [0.2, 0.25) is 11.1 Å². The number of thioether (sulfide) groups is 1. The predicted molar refractivity (Wildman–Crippen MR) is 151 cm³/mol. The molecule has 37 heavy (non-hydrogen) atoms. The summed E-state index contributed by atoms with van der Waals surface area (Å²) in [5.74, 6) is 1.16. The quantitative estimate of drug-likeness (QED) is 0.252. The number of allylic oxidation sites excluding steroid dienone is 1. The van der Waals surface area contributed by atoms with Gasteiger partial charge in [0.05, 0.1) is 5.57 Å². The van der Waals surface area contributed by atoms with Crippen LogP contribution in [0.15, 0.2) is 89.2 Å². The Morgan fingerprint density at radius 2 is 1.73 bits per heavy atom. The average Bonchev–Trinajstić information content (AvgIpc) is 3.31. The second kappa shape index (κ2) is 10.8. The molecule has 0 aliphatic carbocycles. The Bertz CT molecular complexity index is 1460. The van der Waals surface area contributed by atoms with Gasteiger partial charge in [-0.15, -0.1) is 5.10 Å². The van der Waals surface area contributed by atoms with Crippen molar-refractivity contribution in [2.75, 3.05) is 10.6 Å². The van der Waals surface area contributed by atoms with Crippen LogP contribution in [-0.2, 0) is 17.0 Å². The molecule has 2 N–H and O–H groups in total. The molecule has 3 aromatic carbocycles. The SMILES string of the molecule is CCc1ccc([C@H]2C(C(=O)Nc3ccccc3C)=C(C)Nc3nc(SCc4ccc(Cl)cc4)nn32)cc1. The lowest BCUT2D eigenvalue weighted by Gasteiger charge is -2.29. The number of carbonyl (C=O) groups is 1. The number of anilines is 2. The van der Waals surface area contributed by atoms with E-state index in [-0.39, 0.29) is 5.91 Å². The number of aromatic nitrogens is 3. The zero-order valence-electron chi connectivity index (χ0n) is 21.0. The summed E-state index contributed by atoms with van der Waals surface area (Å²) in [7, 11) is 0. The normalized spacial score (nSPS) is 14.8. The van der Waals surface area contributed by atoms with Crippen LogP contribution in [0.2, 0.25) is 5.02 Å². The molecule has 1 atom stereocenters. The van der Waals surface area contributed by atoms with E-state index in [0.29, 0.717) is 27.5 Å². The van der Waals surface area contributed by atoms with Crippen LogP contribution in [-0.4, -0.2) is 20.7 Å². The molecule has 0 fully saturated rings. The van der Waals surface area contributed by atoms with E-state index in [0.717, 1.165) is 34.5 Å². The Balaban J connectivity index is 1.49. The molecule has 2 heterocycles. The Labute approximate surface area is 226 Å². The average molecular weight is 530 g/mol. The maximum Gasteiger partial charge on any atom is 0.255 e. The number of para-hydroxylation sites is 1. The number of amides is 1. The largest absolute Gasteiger partial charge is 0.328 e. The van der Waals surface area contributed by atoms with Gasteiger partial charge in [0.25, 0.3) is 5.91 Å². The van der Waals surface area contributed by atoms with E-state index in [2.05, 4.69) is 41.8 Å². The summed E-state index contributed by atoms with van der Waals surface area (Å²) in [4.78, 5) is 18.5. The summed E-state index contributed by atoms with van der Waals surface area (Å²) in [6, 6.07) is 23.5. The minimum Gasteiger partial charge on any atom is -0.328 e. The molecule has 0 saturated carbocycles. The van der Waals surface area contributed by atoms with E-state index in [9.17, 15) is 4.79 Å². The predicted octanol–water partition coefficient (Wildman–Crippen LogP) is 7.02. The third-order valence-corrected chi connectivity index (χ3v) is 7.62. The van der Waals surface area contributed by atoms with Gasteiger partial charge in [-0.1, -0.05) is 84.9 Å². The number of carbonyl (C=O) groups excluding carboxylic acids is 1. The van der Waals surface area contributed by atoms with Crippen molar-refractivity contribution in [2.24, 2.45) is 0 Å². The Kier molecular flexibility index (Phi) is 7.35. The first kappa shape index (κ1) is 25.1. The van der Waals surface area contributed by atoms with Crippen LogP contribution in [0.1, 0.15) is 42.1 Å². The van der Waals surface area contributed by atoms with Gasteiger partial charge in [-0.05, 0) is 60.7 Å². The van der Waals surface area contributed by atoms with Crippen LogP contribution in [0.5, 0.6) is 0 Å². The standard InChI is InChI=1S/C29H28ClN5OS/c1-4-20-9-13-22(14-10-20)26-25(27(36)32-24-8-6-5-7-18(24)2)19(3)31-28-33-29(34-35(26)28)37-17-21-11-15-23(30)16-12-21/h5-16,26H,4,17H2,1-3H3,(H,32,36)(H,31,33,34)/t26-/m0/s1. The number of nitrogens with zero attached hydrogens (tertiary/aromatic N) is 3. The number of halogens is 1. The van der Waals surface area contributed by atoms with Crippen molar-refractivity contribution in [3.8, 4) is 0 Å². The number of aryl methyl sites for hydroxylation is 2. The minimum atomic E-state index is -0.413. The Morgan fingerprint density at radius 1 is 1.03 bits per heavy atom. The number of hydrogen-bond donors (Lipinski definition) is 2. The maximum atomic E-state index is 13.7. The van der Waals surface area contributed by atoms with Crippen molar-refractivity contribution in [1.82, 2.24) is 14.8 Å². The molecule has 4 aromatic rings. The first-order valence-electron chi connectivity index (χ1n) is 12.2. The van der Waals surface area contributed by atoms with E-state index in [1.165, 1.54) is 5.56 Å². The molecular weight excluding hydrogens is 502 g/mol. The molecule has 1 aliphatic rings. The molecule has 0 radical (unpaired) electrons. The first-order valence-corrected chi connectivity index (χ1v) is 13.6. The summed E-state index contributed by atoms with van der Waals surface area (Å²) >= 11 is 7.57. The lowest BCUT2D eigenvalue weighted by molar-refractivity contribution is -0.113. The molecule has 8 heteroatoms. The Hall–Kier alpha value is -3.55. The molecule has 1 aliphatic heterocycles. The van der Waals surface area contributed by atoms with Gasteiger partial charge < -0.3 is 10.6 Å². The summed E-state index contributed by atoms with van der Waals surface area (Å²) in [6.45, 7) is 6.03. The lowest BCUT2D eigenvalue weighted by Crippen LogP contribution is -2.31. The highest BCUT2D eigenvalue weighted by atomic mass is 35.5. The fourth-order valence-corrected chi connectivity index (χ4v) is 5.27. The Morgan fingerprint density at radius 3 is 2.43 bits per heavy atom. The fraction of sp³-hybridized carbons (Fsp3) is 0.207. The second-order valence-corrected chi connectivity index (χ2v) is 10.4. The topological polar surface area (TPSA) is 71.8 Å². The van der Waals surface area contributed by atoms with E-state index in [1.54, 1.807) is 11.8 Å². The number of hydrogen-bond acceptors (Lipinski definition) is 5. The van der Waals surface area contributed by atoms with Gasteiger partial charge in [-0.25, -0.2) is 4.68 Å². The van der Waals surface area contributed by atoms with Gasteiger partial charge in [0, 0.05) is 22.2 Å². The summed E-state index contributed by atoms with van der Waals surface area (Å²) in [5, 5.41) is 12.6. The van der Waals surface area contributed by atoms with Gasteiger partial charge >= 0.3 is 0 Å². The van der Waals surface area contributed by atoms with Crippen LogP contribution in [0.25, 0.3) is 0 Å². The van der Waals surface area contributed by atoms with E-state index in [1.807, 2.05) is 67.1 Å². The maximum absolute atomic E-state index is 13.7. The molecule has 0 spiro atoms. The van der Waals surface area contributed by atoms with Gasteiger partial charge in [0.15, 0.2) is 0 Å². The van der Waals surface area contributed by atoms with Crippen LogP contribution < -0.4 is 10.6 Å². The van der Waals surface area contributed by atoms with E-state index < -0.39 is 6.04 Å². The molecule has 0 bridgehead atoms. The molecule has 6 nitrogen and oxygen atoms in total. The van der Waals surface area contributed by atoms with E-state index in [4.69, 9.17) is 21.7 Å². The van der Waals surface area contributed by atoms with Gasteiger partial charge in [-0.2, -0.15) is 4.98 Å². The molecule has 1 amide bonds. The van der Waals surface area contributed by atoms with Crippen molar-refractivity contribution in [3.63, 3.8) is 0 Å². The number of fused-ring (bicyclic) bond motifs is 1. The lowest BCUT2D eigenvalue weighted by atomic mass is 9.94. The summed E-state index contributed by atoms with van der Waals surface area (Å²) in [5.41, 5.74) is 6.51. The van der Waals surface area contributed by atoms with Crippen molar-refractivity contribution < 1.29 is 4.79 Å². The zero-order chi connectivity index (χ0) is 25.9. The van der Waals surface area contributed by atoms with Gasteiger partial charge in [0.1, 0.15) is 6.04 Å². The van der Waals surface area contributed by atoms with Crippen molar-refractivity contribution in [1.29, 1.82) is 0 Å². The second-order valence-electron chi connectivity index (χ2n) is 9.01. The summed E-state index contributed by atoms with van der Waals surface area (Å²) in [6.07, 6.45) is 0.946. The van der Waals surface area contributed by atoms with Crippen LogP contribution in [0.4, 0.5) is 11.6 Å². The number of nitrogens with one attached hydrogen (secondary N) is 2. The molecule has 5 rings (SSSR count). The highest BCUT2D eigenvalue weighted by Gasteiger charge is 2.34. The molecular formula is C29H28ClN5OS. The number of benzene rings is 3. The monoisotopic (exact) mass is 529 g/mol. The third-order valence-electron chi connectivity index (χ3n) is 6.46. The van der Waals surface area contributed by atoms with Crippen LogP contribution in [0, 0.1) is 6.92 Å². The van der Waals surface area contributed by atoms with Crippen molar-refractivity contribution in [3.05, 3.63) is 111 Å². The van der Waals surface area contributed by atoms with Gasteiger partial charge in [-0.3, -0.25) is 4.79 Å². The van der Waals surface area contributed by atoms with Crippen molar-refractivity contribution in [2.45, 2.75) is 44.1 Å². The summed E-state index contributed by atoms with van der Waals surface area (Å²) < 4.78 is 1.82. The molecule has 0 saturated heterocycles. The van der Waals surface area contributed by atoms with Crippen LogP contribution >= 0.6 is 23.4 Å².